The van der Waals surface area contributed by atoms with E-state index in [0.717, 1.165) is 4.88 Å². The van der Waals surface area contributed by atoms with Crippen molar-refractivity contribution in [2.45, 2.75) is 37.2 Å². The first kappa shape index (κ1) is 23.7. The number of rotatable bonds is 8. The van der Waals surface area contributed by atoms with Crippen molar-refractivity contribution in [2.24, 2.45) is 0 Å². The highest BCUT2D eigenvalue weighted by molar-refractivity contribution is 7.91. The van der Waals surface area contributed by atoms with Crippen LogP contribution in [0.4, 0.5) is 0 Å². The van der Waals surface area contributed by atoms with Crippen molar-refractivity contribution < 1.29 is 26.2 Å². The van der Waals surface area contributed by atoms with Gasteiger partial charge in [-0.2, -0.15) is 0 Å². The molecular formula is C22H24N2O6S3. The molecule has 8 nitrogen and oxygen atoms in total. The molecular weight excluding hydrogens is 484 g/mol. The first-order chi connectivity index (χ1) is 15.7. The summed E-state index contributed by atoms with van der Waals surface area (Å²) in [5.41, 5.74) is 0.666. The maximum Gasteiger partial charge on any atom is 0.276 e. The second-order valence-electron chi connectivity index (χ2n) is 7.99. The van der Waals surface area contributed by atoms with Gasteiger partial charge in [-0.1, -0.05) is 18.1 Å². The molecule has 1 saturated heterocycles. The molecule has 1 aliphatic rings. The Morgan fingerprint density at radius 1 is 1.24 bits per heavy atom. The third kappa shape index (κ3) is 5.36. The second kappa shape index (κ2) is 9.40. The summed E-state index contributed by atoms with van der Waals surface area (Å²) < 4.78 is 53.9. The van der Waals surface area contributed by atoms with E-state index in [4.69, 9.17) is 4.52 Å². The number of carbonyl (C=O) groups excluding carboxylic acids is 1. The van der Waals surface area contributed by atoms with Crippen molar-refractivity contribution >= 4 is 36.9 Å². The first-order valence-corrected chi connectivity index (χ1v) is 14.9. The van der Waals surface area contributed by atoms with E-state index in [1.807, 2.05) is 24.4 Å². The van der Waals surface area contributed by atoms with Crippen LogP contribution in [0.2, 0.25) is 0 Å². The van der Waals surface area contributed by atoms with Crippen LogP contribution in [0.1, 0.15) is 35.1 Å². The molecule has 11 heteroatoms. The summed E-state index contributed by atoms with van der Waals surface area (Å²) >= 11 is 1.49. The number of hydrogen-bond acceptors (Lipinski definition) is 8. The average molecular weight is 509 g/mol. The summed E-state index contributed by atoms with van der Waals surface area (Å²) in [6, 6.07) is 11.1. The Hall–Kier alpha value is -2.50. The minimum atomic E-state index is -3.33. The van der Waals surface area contributed by atoms with Crippen LogP contribution in [-0.2, 0) is 26.2 Å². The van der Waals surface area contributed by atoms with Gasteiger partial charge in [0.05, 0.1) is 28.7 Å². The Balaban J connectivity index is 1.57. The fraction of sp³-hybridized carbons (Fsp3) is 0.364. The molecule has 1 amide bonds. The van der Waals surface area contributed by atoms with Gasteiger partial charge in [0.25, 0.3) is 5.91 Å². The van der Waals surface area contributed by atoms with Gasteiger partial charge in [0.15, 0.2) is 31.1 Å². The zero-order valence-corrected chi connectivity index (χ0v) is 20.5. The third-order valence-corrected chi connectivity index (χ3v) is 10.1. The lowest BCUT2D eigenvalue weighted by atomic mass is 10.1. The largest absolute Gasteiger partial charge is 0.355 e. The van der Waals surface area contributed by atoms with Gasteiger partial charge in [-0.15, -0.1) is 11.3 Å². The average Bonchev–Trinajstić information content (AvgIpc) is 3.53. The van der Waals surface area contributed by atoms with Crippen LogP contribution in [0.15, 0.2) is 57.3 Å². The Kier molecular flexibility index (Phi) is 6.73. The van der Waals surface area contributed by atoms with Crippen LogP contribution in [0, 0.1) is 0 Å². The van der Waals surface area contributed by atoms with Crippen molar-refractivity contribution in [1.29, 1.82) is 0 Å². The molecule has 1 aliphatic heterocycles. The Morgan fingerprint density at radius 2 is 2.00 bits per heavy atom. The monoisotopic (exact) mass is 508 g/mol. The predicted octanol–water partition coefficient (Wildman–Crippen LogP) is 3.42. The zero-order chi connectivity index (χ0) is 23.6. The maximum atomic E-state index is 13.3. The second-order valence-corrected chi connectivity index (χ2v) is 13.4. The van der Waals surface area contributed by atoms with Crippen LogP contribution >= 0.6 is 11.3 Å². The van der Waals surface area contributed by atoms with Crippen LogP contribution in [0.5, 0.6) is 0 Å². The van der Waals surface area contributed by atoms with Gasteiger partial charge < -0.3 is 9.42 Å². The first-order valence-electron chi connectivity index (χ1n) is 10.5. The molecule has 0 aliphatic carbocycles. The fourth-order valence-electron chi connectivity index (χ4n) is 3.83. The zero-order valence-electron chi connectivity index (χ0n) is 18.0. The van der Waals surface area contributed by atoms with E-state index in [9.17, 15) is 21.6 Å². The minimum Gasteiger partial charge on any atom is -0.355 e. The molecule has 176 valence electrons. The lowest BCUT2D eigenvalue weighted by molar-refractivity contribution is 0.0672. The summed E-state index contributed by atoms with van der Waals surface area (Å²) in [4.78, 5) is 16.0. The molecule has 1 unspecified atom stereocenters. The number of thiophene rings is 1. The highest BCUT2D eigenvalue weighted by Crippen LogP contribution is 2.27. The van der Waals surface area contributed by atoms with E-state index in [2.05, 4.69) is 5.16 Å². The van der Waals surface area contributed by atoms with E-state index in [-0.39, 0.29) is 27.8 Å². The molecule has 0 bridgehead atoms. The molecule has 3 aromatic rings. The number of amides is 1. The van der Waals surface area contributed by atoms with Gasteiger partial charge in [-0.25, -0.2) is 16.8 Å². The number of nitrogens with zero attached hydrogens (tertiary/aromatic N) is 2. The molecule has 1 atom stereocenters. The van der Waals surface area contributed by atoms with Crippen molar-refractivity contribution in [3.8, 4) is 11.3 Å². The quantitative estimate of drug-likeness (QED) is 0.458. The Bertz CT molecular complexity index is 1330. The molecule has 0 radical (unpaired) electrons. The summed E-state index contributed by atoms with van der Waals surface area (Å²) in [6.45, 7) is 2.10. The molecule has 4 rings (SSSR count). The van der Waals surface area contributed by atoms with E-state index in [0.29, 0.717) is 30.7 Å². The van der Waals surface area contributed by atoms with Gasteiger partial charge >= 0.3 is 0 Å². The van der Waals surface area contributed by atoms with Crippen LogP contribution in [0.25, 0.3) is 11.3 Å². The van der Waals surface area contributed by atoms with Gasteiger partial charge in [-0.3, -0.25) is 4.79 Å². The maximum absolute atomic E-state index is 13.3. The van der Waals surface area contributed by atoms with E-state index >= 15 is 0 Å². The Labute approximate surface area is 197 Å². The van der Waals surface area contributed by atoms with Gasteiger partial charge in [0.1, 0.15) is 0 Å². The predicted molar refractivity (Wildman–Crippen MR) is 126 cm³/mol. The SMILES string of the molecule is CCCS(=O)(=O)c1ccc(-c2cc(C(=O)N(Cc3cccs3)C3CCS(=O)(=O)C3)no2)cc1. The topological polar surface area (TPSA) is 115 Å². The van der Waals surface area contributed by atoms with Crippen LogP contribution < -0.4 is 0 Å². The number of aromatic nitrogens is 1. The molecule has 0 saturated carbocycles. The summed E-state index contributed by atoms with van der Waals surface area (Å²) in [6.07, 6.45) is 0.916. The Morgan fingerprint density at radius 3 is 2.61 bits per heavy atom. The minimum absolute atomic E-state index is 0.0588. The highest BCUT2D eigenvalue weighted by atomic mass is 32.2. The van der Waals surface area contributed by atoms with Crippen molar-refractivity contribution in [1.82, 2.24) is 10.1 Å². The standard InChI is InChI=1S/C22H24N2O6S3/c1-2-11-33(28,29)19-7-5-16(6-8-19)21-13-20(23-30-21)22(25)24(14-18-4-3-10-31-18)17-9-12-32(26,27)15-17/h3-8,10,13,17H,2,9,11-12,14-15H2,1H3. The summed E-state index contributed by atoms with van der Waals surface area (Å²) in [5.74, 6) is -0.00806. The number of benzene rings is 1. The summed E-state index contributed by atoms with van der Waals surface area (Å²) in [5, 5.41) is 5.83. The van der Waals surface area contributed by atoms with Gasteiger partial charge in [0, 0.05) is 22.5 Å². The fourth-order valence-corrected chi connectivity index (χ4v) is 7.59. The smallest absolute Gasteiger partial charge is 0.276 e. The summed E-state index contributed by atoms with van der Waals surface area (Å²) in [7, 11) is -6.50. The molecule has 1 aromatic carbocycles. The molecule has 0 spiro atoms. The number of carbonyl (C=O) groups is 1. The van der Waals surface area contributed by atoms with Crippen LogP contribution in [-0.4, -0.2) is 56.1 Å². The van der Waals surface area contributed by atoms with Crippen molar-refractivity contribution in [2.75, 3.05) is 17.3 Å². The number of hydrogen-bond donors (Lipinski definition) is 0. The van der Waals surface area contributed by atoms with E-state index in [1.165, 1.54) is 29.5 Å². The third-order valence-electron chi connectivity index (χ3n) is 5.52. The van der Waals surface area contributed by atoms with Crippen molar-refractivity contribution in [3.05, 3.63) is 58.4 Å². The van der Waals surface area contributed by atoms with Crippen LogP contribution in [0.3, 0.4) is 0 Å². The molecule has 1 fully saturated rings. The molecule has 0 N–H and O–H groups in total. The molecule has 3 heterocycles. The van der Waals surface area contributed by atoms with E-state index in [1.54, 1.807) is 17.0 Å². The lowest BCUT2D eigenvalue weighted by Crippen LogP contribution is -2.40. The molecule has 2 aromatic heterocycles. The highest BCUT2D eigenvalue weighted by Gasteiger charge is 2.36. The normalized spacial score (nSPS) is 17.8. The number of sulfone groups is 2. The van der Waals surface area contributed by atoms with E-state index < -0.39 is 31.6 Å². The lowest BCUT2D eigenvalue weighted by Gasteiger charge is -2.26. The van der Waals surface area contributed by atoms with Gasteiger partial charge in [-0.05, 0) is 48.6 Å². The molecule has 33 heavy (non-hydrogen) atoms. The van der Waals surface area contributed by atoms with Gasteiger partial charge in [0.2, 0.25) is 0 Å². The van der Waals surface area contributed by atoms with Crippen molar-refractivity contribution in [3.63, 3.8) is 0 Å².